The van der Waals surface area contributed by atoms with E-state index in [1.807, 2.05) is 4.90 Å². The van der Waals surface area contributed by atoms with E-state index in [-0.39, 0.29) is 28.7 Å². The molecule has 1 unspecified atom stereocenters. The average molecular weight is 519 g/mol. The number of aromatic nitrogens is 1. The van der Waals surface area contributed by atoms with Gasteiger partial charge in [-0.3, -0.25) is 4.90 Å². The number of hydrogen-bond donors (Lipinski definition) is 0. The lowest BCUT2D eigenvalue weighted by molar-refractivity contribution is 0.214. The Balaban J connectivity index is 1.65. The van der Waals surface area contributed by atoms with Gasteiger partial charge in [0.2, 0.25) is 0 Å². The van der Waals surface area contributed by atoms with Crippen molar-refractivity contribution in [2.24, 2.45) is 0 Å². The Kier molecular flexibility index (Phi) is 5.92. The maximum absolute atomic E-state index is 14.9. The number of halogens is 3. The van der Waals surface area contributed by atoms with Crippen molar-refractivity contribution in [2.75, 3.05) is 7.05 Å². The van der Waals surface area contributed by atoms with Crippen LogP contribution in [0.5, 0.6) is 0 Å². The molecule has 0 saturated carbocycles. The van der Waals surface area contributed by atoms with E-state index in [1.165, 1.54) is 24.4 Å². The minimum atomic E-state index is -4.33. The van der Waals surface area contributed by atoms with Crippen molar-refractivity contribution in [3.8, 4) is 11.3 Å². The second-order valence-electron chi connectivity index (χ2n) is 8.70. The lowest BCUT2D eigenvalue weighted by Crippen LogP contribution is -2.23. The molecular formula is C25H21F3N2O5S. The zero-order chi connectivity index (χ0) is 25.8. The highest BCUT2D eigenvalue weighted by atomic mass is 32.2. The van der Waals surface area contributed by atoms with Gasteiger partial charge in [-0.25, -0.2) is 30.4 Å². The van der Waals surface area contributed by atoms with Gasteiger partial charge < -0.3 is 8.83 Å². The molecule has 0 amide bonds. The van der Waals surface area contributed by atoms with Crippen molar-refractivity contribution in [1.82, 2.24) is 8.87 Å². The second-order valence-corrected chi connectivity index (χ2v) is 10.5. The molecule has 2 aromatic heterocycles. The third-order valence-corrected chi connectivity index (χ3v) is 8.09. The standard InChI is InChI=1S/C25H21F3N2O5S/c1-14-23(35-25(31)34-14)13-29(2)22-9-8-18-20(22)12-30(24(18)19-7-6-16(27)11-21(19)28)36(32,33)17-5-3-4-15(26)10-17/h3-7,10-12,22H,8-9,13H2,1-2H3. The highest BCUT2D eigenvalue weighted by molar-refractivity contribution is 7.90. The highest BCUT2D eigenvalue weighted by Gasteiger charge is 2.36. The third-order valence-electron chi connectivity index (χ3n) is 6.44. The minimum Gasteiger partial charge on any atom is -0.396 e. The average Bonchev–Trinajstić information content (AvgIpc) is 3.47. The number of aryl methyl sites for hydroxylation is 1. The SMILES string of the molecule is Cc1oc(=O)oc1CN(C)C1CCc2c1cn(S(=O)(=O)c1cccc(F)c1)c2-c1ccc(F)cc1F. The predicted octanol–water partition coefficient (Wildman–Crippen LogP) is 4.78. The van der Waals surface area contributed by atoms with Gasteiger partial charge in [0.15, 0.2) is 5.76 Å². The normalized spacial score (nSPS) is 15.6. The number of fused-ring (bicyclic) bond motifs is 1. The van der Waals surface area contributed by atoms with Gasteiger partial charge in [-0.05, 0) is 68.3 Å². The molecule has 0 fully saturated rings. The number of hydrogen-bond acceptors (Lipinski definition) is 6. The maximum atomic E-state index is 14.9. The zero-order valence-corrected chi connectivity index (χ0v) is 20.1. The first-order valence-corrected chi connectivity index (χ1v) is 12.5. The van der Waals surface area contributed by atoms with Crippen LogP contribution in [0.1, 0.15) is 35.1 Å². The first kappa shape index (κ1) is 24.1. The number of benzene rings is 2. The molecule has 1 aliphatic rings. The summed E-state index contributed by atoms with van der Waals surface area (Å²) in [6.45, 7) is 1.81. The summed E-state index contributed by atoms with van der Waals surface area (Å²) in [5.74, 6) is -2.59. The van der Waals surface area contributed by atoms with Gasteiger partial charge in [0.05, 0.1) is 17.1 Å². The third kappa shape index (κ3) is 4.07. The van der Waals surface area contributed by atoms with Crippen LogP contribution in [-0.4, -0.2) is 24.3 Å². The van der Waals surface area contributed by atoms with Crippen LogP contribution in [0, 0.1) is 24.4 Å². The van der Waals surface area contributed by atoms with Crippen molar-refractivity contribution >= 4 is 10.0 Å². The van der Waals surface area contributed by atoms with Gasteiger partial charge in [-0.15, -0.1) is 0 Å². The van der Waals surface area contributed by atoms with E-state index < -0.39 is 33.3 Å². The minimum absolute atomic E-state index is 0.0636. The van der Waals surface area contributed by atoms with Crippen LogP contribution in [0.4, 0.5) is 13.2 Å². The van der Waals surface area contributed by atoms with E-state index in [4.69, 9.17) is 8.83 Å². The van der Waals surface area contributed by atoms with Crippen molar-refractivity contribution in [3.05, 3.63) is 99.4 Å². The summed E-state index contributed by atoms with van der Waals surface area (Å²) in [7, 11) is -2.55. The van der Waals surface area contributed by atoms with Crippen molar-refractivity contribution in [1.29, 1.82) is 0 Å². The van der Waals surface area contributed by atoms with Crippen LogP contribution in [0.3, 0.4) is 0 Å². The summed E-state index contributed by atoms with van der Waals surface area (Å²) in [6.07, 6.45) is 2.40. The molecule has 5 rings (SSSR count). The molecule has 36 heavy (non-hydrogen) atoms. The Morgan fingerprint density at radius 2 is 1.83 bits per heavy atom. The van der Waals surface area contributed by atoms with Gasteiger partial charge in [-0.2, -0.15) is 0 Å². The Morgan fingerprint density at radius 1 is 1.08 bits per heavy atom. The topological polar surface area (TPSA) is 85.7 Å². The Bertz CT molecular complexity index is 1640. The summed E-state index contributed by atoms with van der Waals surface area (Å²) in [5.41, 5.74) is 1.19. The van der Waals surface area contributed by atoms with Crippen molar-refractivity contribution in [3.63, 3.8) is 0 Å². The molecule has 2 heterocycles. The number of nitrogens with zero attached hydrogens (tertiary/aromatic N) is 2. The molecule has 1 atom stereocenters. The fraction of sp³-hybridized carbons (Fsp3) is 0.240. The molecule has 0 saturated heterocycles. The van der Waals surface area contributed by atoms with Gasteiger partial charge in [0.1, 0.15) is 23.2 Å². The summed E-state index contributed by atoms with van der Waals surface area (Å²) >= 11 is 0. The smallest absolute Gasteiger partial charge is 0.396 e. The van der Waals surface area contributed by atoms with Crippen LogP contribution < -0.4 is 5.82 Å². The Hall–Kier alpha value is -3.57. The fourth-order valence-electron chi connectivity index (χ4n) is 4.73. The van der Waals surface area contributed by atoms with Crippen LogP contribution in [0.2, 0.25) is 0 Å². The lowest BCUT2D eigenvalue weighted by atomic mass is 10.1. The molecule has 7 nitrogen and oxygen atoms in total. The summed E-state index contributed by atoms with van der Waals surface area (Å²) in [6, 6.07) is 7.17. The van der Waals surface area contributed by atoms with E-state index >= 15 is 0 Å². The molecule has 2 aromatic carbocycles. The Morgan fingerprint density at radius 3 is 2.50 bits per heavy atom. The van der Waals surface area contributed by atoms with E-state index in [0.29, 0.717) is 41.6 Å². The number of rotatable bonds is 6. The van der Waals surface area contributed by atoms with Gasteiger partial charge in [-0.1, -0.05) is 6.07 Å². The maximum Gasteiger partial charge on any atom is 0.519 e. The molecule has 0 N–H and O–H groups in total. The zero-order valence-electron chi connectivity index (χ0n) is 19.3. The van der Waals surface area contributed by atoms with Crippen LogP contribution in [-0.2, 0) is 23.0 Å². The van der Waals surface area contributed by atoms with Crippen LogP contribution in [0.25, 0.3) is 11.3 Å². The molecule has 1 aliphatic carbocycles. The first-order valence-electron chi connectivity index (χ1n) is 11.1. The monoisotopic (exact) mass is 518 g/mol. The molecule has 0 bridgehead atoms. The predicted molar refractivity (Wildman–Crippen MR) is 123 cm³/mol. The molecule has 0 aliphatic heterocycles. The van der Waals surface area contributed by atoms with E-state index in [9.17, 15) is 26.4 Å². The fourth-order valence-corrected chi connectivity index (χ4v) is 6.17. The summed E-state index contributed by atoms with van der Waals surface area (Å²) in [4.78, 5) is 13.0. The van der Waals surface area contributed by atoms with Crippen molar-refractivity contribution in [2.45, 2.75) is 37.2 Å². The van der Waals surface area contributed by atoms with E-state index in [2.05, 4.69) is 0 Å². The second kappa shape index (κ2) is 8.82. The lowest BCUT2D eigenvalue weighted by Gasteiger charge is -2.23. The molecular weight excluding hydrogens is 497 g/mol. The van der Waals surface area contributed by atoms with E-state index in [0.717, 1.165) is 22.2 Å². The summed E-state index contributed by atoms with van der Waals surface area (Å²) < 4.78 is 80.7. The van der Waals surface area contributed by atoms with Crippen LogP contribution >= 0.6 is 0 Å². The molecule has 0 radical (unpaired) electrons. The van der Waals surface area contributed by atoms with Crippen LogP contribution in [0.15, 0.2) is 67.2 Å². The first-order chi connectivity index (χ1) is 17.1. The van der Waals surface area contributed by atoms with Crippen molar-refractivity contribution < 1.29 is 30.4 Å². The molecule has 188 valence electrons. The quantitative estimate of drug-likeness (QED) is 0.365. The molecule has 0 spiro atoms. The highest BCUT2D eigenvalue weighted by Crippen LogP contribution is 2.44. The van der Waals surface area contributed by atoms with Gasteiger partial charge >= 0.3 is 5.82 Å². The largest absolute Gasteiger partial charge is 0.519 e. The Labute approximate surface area is 204 Å². The molecule has 4 aromatic rings. The van der Waals surface area contributed by atoms with Gasteiger partial charge in [0.25, 0.3) is 10.0 Å². The molecule has 11 heteroatoms. The van der Waals surface area contributed by atoms with E-state index in [1.54, 1.807) is 14.0 Å². The van der Waals surface area contributed by atoms with Gasteiger partial charge in [0, 0.05) is 23.9 Å². The summed E-state index contributed by atoms with van der Waals surface area (Å²) in [5, 5.41) is 0.